The molecule has 1 saturated heterocycles. The van der Waals surface area contributed by atoms with Crippen LogP contribution in [0.3, 0.4) is 0 Å². The van der Waals surface area contributed by atoms with Gasteiger partial charge in [0.2, 0.25) is 0 Å². The molecule has 5 aliphatic rings. The van der Waals surface area contributed by atoms with E-state index in [0.717, 1.165) is 53.7 Å². The summed E-state index contributed by atoms with van der Waals surface area (Å²) in [6, 6.07) is 18.3. The molecule has 2 amide bonds. The number of hydrogen-bond acceptors (Lipinski definition) is 7. The molecule has 0 spiro atoms. The van der Waals surface area contributed by atoms with Crippen molar-refractivity contribution >= 4 is 29.4 Å². The molecule has 8 rings (SSSR count). The molecule has 4 N–H and O–H groups in total. The van der Waals surface area contributed by atoms with Crippen LogP contribution in [0, 0.1) is 17.8 Å². The topological polar surface area (TPSA) is 130 Å². The molecule has 0 radical (unpaired) electrons. The van der Waals surface area contributed by atoms with E-state index in [-0.39, 0.29) is 35.9 Å². The van der Waals surface area contributed by atoms with Crippen LogP contribution in [0.15, 0.2) is 71.9 Å². The number of urea groups is 1. The molecule has 3 aromatic rings. The minimum atomic E-state index is -1.02. The molecule has 2 heterocycles. The summed E-state index contributed by atoms with van der Waals surface area (Å²) in [6.07, 6.45) is 8.10. The van der Waals surface area contributed by atoms with Crippen LogP contribution in [-0.2, 0) is 16.1 Å². The number of nitrogens with one attached hydrogen (secondary N) is 2. The van der Waals surface area contributed by atoms with Gasteiger partial charge in [0, 0.05) is 35.2 Å². The minimum Gasteiger partial charge on any atom is -0.478 e. The van der Waals surface area contributed by atoms with Crippen molar-refractivity contribution in [2.45, 2.75) is 80.6 Å². The van der Waals surface area contributed by atoms with Gasteiger partial charge in [-0.05, 0) is 91.7 Å². The van der Waals surface area contributed by atoms with E-state index in [1.54, 1.807) is 18.3 Å². The Morgan fingerprint density at radius 3 is 2.33 bits per heavy atom. The molecule has 45 heavy (non-hydrogen) atoms. The number of benzene rings is 2. The molecular formula is C35H39N3O6S. The number of ether oxygens (including phenoxy) is 2. The van der Waals surface area contributed by atoms with E-state index in [0.29, 0.717) is 22.9 Å². The highest BCUT2D eigenvalue weighted by atomic mass is 32.2. The van der Waals surface area contributed by atoms with Crippen molar-refractivity contribution < 1.29 is 29.3 Å². The average Bonchev–Trinajstić information content (AvgIpc) is 3.03. The van der Waals surface area contributed by atoms with Gasteiger partial charge < -0.3 is 30.3 Å². The Morgan fingerprint density at radius 2 is 1.64 bits per heavy atom. The fourth-order valence-corrected chi connectivity index (χ4v) is 9.30. The van der Waals surface area contributed by atoms with Crippen molar-refractivity contribution in [1.29, 1.82) is 0 Å². The van der Waals surface area contributed by atoms with Crippen molar-refractivity contribution in [1.82, 2.24) is 10.3 Å². The Morgan fingerprint density at radius 1 is 0.911 bits per heavy atom. The Labute approximate surface area is 267 Å². The molecular weight excluding hydrogens is 590 g/mol. The normalized spacial score (nSPS) is 30.2. The van der Waals surface area contributed by atoms with E-state index in [1.807, 2.05) is 48.5 Å². The Balaban J connectivity index is 1.07. The Bertz CT molecular complexity index is 1510. The number of aliphatic hydroxyl groups excluding tert-OH is 1. The number of aliphatic hydroxyl groups is 1. The van der Waals surface area contributed by atoms with Crippen LogP contribution < -0.4 is 10.6 Å². The van der Waals surface area contributed by atoms with Crippen LogP contribution in [0.1, 0.15) is 84.4 Å². The number of thioether (sulfide) groups is 1. The van der Waals surface area contributed by atoms with Crippen LogP contribution in [-0.4, -0.2) is 44.6 Å². The van der Waals surface area contributed by atoms with Gasteiger partial charge in [-0.3, -0.25) is 0 Å². The van der Waals surface area contributed by atoms with Gasteiger partial charge in [0.1, 0.15) is 5.03 Å². The molecule has 236 valence electrons. The highest BCUT2D eigenvalue weighted by Gasteiger charge is 2.51. The zero-order valence-corrected chi connectivity index (χ0v) is 25.9. The number of carboxylic acids is 1. The van der Waals surface area contributed by atoms with Crippen molar-refractivity contribution in [3.05, 3.63) is 89.1 Å². The summed E-state index contributed by atoms with van der Waals surface area (Å²) in [5, 5.41) is 26.0. The highest BCUT2D eigenvalue weighted by Crippen LogP contribution is 2.55. The lowest BCUT2D eigenvalue weighted by atomic mass is 9.53. The first-order valence-electron chi connectivity index (χ1n) is 15.9. The van der Waals surface area contributed by atoms with Gasteiger partial charge in [0.15, 0.2) is 6.29 Å². The fourth-order valence-electron chi connectivity index (χ4n) is 8.29. The number of anilines is 1. The molecule has 4 bridgehead atoms. The number of pyridine rings is 1. The van der Waals surface area contributed by atoms with Crippen LogP contribution in [0.2, 0.25) is 0 Å². The predicted molar refractivity (Wildman–Crippen MR) is 170 cm³/mol. The van der Waals surface area contributed by atoms with Crippen molar-refractivity contribution in [2.75, 3.05) is 11.1 Å². The molecule has 3 atom stereocenters. The maximum absolute atomic E-state index is 13.3. The number of carboxylic acid groups (broad SMARTS) is 1. The number of hydrogen-bond donors (Lipinski definition) is 4. The molecule has 1 aliphatic heterocycles. The second-order valence-electron chi connectivity index (χ2n) is 13.2. The number of nitrogens with zero attached hydrogens (tertiary/aromatic N) is 1. The highest BCUT2D eigenvalue weighted by molar-refractivity contribution is 7.99. The predicted octanol–water partition coefficient (Wildman–Crippen LogP) is 6.70. The third-order valence-corrected chi connectivity index (χ3v) is 11.0. The standard InChI is InChI=1S/C35H39N3O6S/c39-19-21-6-8-25(9-7-21)30-15-28(20-45-31-29(32(40)41)5-2-10-36-31)43-33(44-30)26-3-1-4-27(14-26)37-34(42)38-35-16-22-11-23(17-35)13-24(12-22)18-35/h1-10,14,22-24,28,30,33,39H,11-13,15-20H2,(H,40,41)(H2,37,38,42). The molecule has 5 fully saturated rings. The lowest BCUT2D eigenvalue weighted by molar-refractivity contribution is -0.245. The van der Waals surface area contributed by atoms with E-state index in [2.05, 4.69) is 15.6 Å². The van der Waals surface area contributed by atoms with E-state index in [9.17, 15) is 19.8 Å². The van der Waals surface area contributed by atoms with Gasteiger partial charge >= 0.3 is 12.0 Å². The summed E-state index contributed by atoms with van der Waals surface area (Å²) in [5.74, 6) is 1.69. The minimum absolute atomic E-state index is 0.0387. The summed E-state index contributed by atoms with van der Waals surface area (Å²) in [6.45, 7) is -0.0387. The molecule has 4 aliphatic carbocycles. The van der Waals surface area contributed by atoms with Crippen molar-refractivity contribution in [2.24, 2.45) is 17.8 Å². The molecule has 4 saturated carbocycles. The molecule has 1 aromatic heterocycles. The third kappa shape index (κ3) is 6.74. The molecule has 3 unspecified atom stereocenters. The average molecular weight is 630 g/mol. The number of rotatable bonds is 9. The van der Waals surface area contributed by atoms with Crippen molar-refractivity contribution in [3.63, 3.8) is 0 Å². The molecule has 9 nitrogen and oxygen atoms in total. The maximum Gasteiger partial charge on any atom is 0.338 e. The van der Waals surface area contributed by atoms with Gasteiger partial charge in [-0.15, -0.1) is 11.8 Å². The van der Waals surface area contributed by atoms with E-state index in [4.69, 9.17) is 9.47 Å². The first-order valence-corrected chi connectivity index (χ1v) is 16.8. The van der Waals surface area contributed by atoms with Crippen LogP contribution in [0.5, 0.6) is 0 Å². The summed E-state index contributed by atoms with van der Waals surface area (Å²) in [7, 11) is 0. The first-order chi connectivity index (χ1) is 21.8. The number of aromatic carboxylic acids is 1. The van der Waals surface area contributed by atoms with Gasteiger partial charge in [0.25, 0.3) is 0 Å². The Kier molecular flexibility index (Phi) is 8.56. The van der Waals surface area contributed by atoms with Crippen LogP contribution >= 0.6 is 11.8 Å². The van der Waals surface area contributed by atoms with Crippen LogP contribution in [0.4, 0.5) is 10.5 Å². The number of carbonyl (C=O) groups is 2. The molecule has 10 heteroatoms. The first kappa shape index (κ1) is 30.2. The van der Waals surface area contributed by atoms with Crippen LogP contribution in [0.25, 0.3) is 0 Å². The summed E-state index contributed by atoms with van der Waals surface area (Å²) in [4.78, 5) is 29.3. The van der Waals surface area contributed by atoms with Crippen molar-refractivity contribution in [3.8, 4) is 0 Å². The zero-order valence-electron chi connectivity index (χ0n) is 25.1. The maximum atomic E-state index is 13.3. The smallest absolute Gasteiger partial charge is 0.338 e. The second-order valence-corrected chi connectivity index (χ2v) is 14.2. The van der Waals surface area contributed by atoms with Gasteiger partial charge in [-0.1, -0.05) is 36.4 Å². The van der Waals surface area contributed by atoms with Gasteiger partial charge in [-0.2, -0.15) is 0 Å². The number of carbonyl (C=O) groups excluding carboxylic acids is 1. The lowest BCUT2D eigenvalue weighted by Crippen LogP contribution is -2.60. The Hall–Kier alpha value is -3.44. The van der Waals surface area contributed by atoms with E-state index >= 15 is 0 Å². The van der Waals surface area contributed by atoms with Gasteiger partial charge in [-0.25, -0.2) is 14.6 Å². The summed E-state index contributed by atoms with van der Waals surface area (Å²) >= 11 is 1.35. The summed E-state index contributed by atoms with van der Waals surface area (Å²) in [5.41, 5.74) is 3.30. The fraction of sp³-hybridized carbons (Fsp3) is 0.457. The second kappa shape index (κ2) is 12.7. The van der Waals surface area contributed by atoms with E-state index < -0.39 is 12.3 Å². The van der Waals surface area contributed by atoms with E-state index in [1.165, 1.54) is 31.0 Å². The molecule has 2 aromatic carbocycles. The van der Waals surface area contributed by atoms with Gasteiger partial charge in [0.05, 0.1) is 24.4 Å². The quantitative estimate of drug-likeness (QED) is 0.193. The SMILES string of the molecule is O=C(Nc1cccc(C2OC(CSc3ncccc3C(=O)O)CC(c3ccc(CO)cc3)O2)c1)NC12CC3CC(CC(C3)C1)C2. The zero-order chi connectivity index (χ0) is 31.0. The number of amides is 2. The number of aromatic nitrogens is 1. The largest absolute Gasteiger partial charge is 0.478 e. The summed E-state index contributed by atoms with van der Waals surface area (Å²) < 4.78 is 13.0. The third-order valence-electron chi connectivity index (χ3n) is 9.86. The monoisotopic (exact) mass is 629 g/mol. The lowest BCUT2D eigenvalue weighted by Gasteiger charge is -2.56.